The van der Waals surface area contributed by atoms with Crippen LogP contribution in [-0.2, 0) is 19.4 Å². The number of hydrogen-bond acceptors (Lipinski definition) is 2. The lowest BCUT2D eigenvalue weighted by Gasteiger charge is -2.33. The van der Waals surface area contributed by atoms with Crippen molar-refractivity contribution >= 4 is 0 Å². The molecule has 0 saturated heterocycles. The minimum absolute atomic E-state index is 0.409. The van der Waals surface area contributed by atoms with Crippen molar-refractivity contribution in [1.29, 1.82) is 0 Å². The summed E-state index contributed by atoms with van der Waals surface area (Å²) in [5.74, 6) is 1.87. The zero-order valence-electron chi connectivity index (χ0n) is 10.9. The lowest BCUT2D eigenvalue weighted by molar-refractivity contribution is 0.214. The Kier molecular flexibility index (Phi) is 3.06. The van der Waals surface area contributed by atoms with E-state index in [1.54, 1.807) is 0 Å². The molecule has 1 aliphatic rings. The van der Waals surface area contributed by atoms with Gasteiger partial charge >= 0.3 is 0 Å². The summed E-state index contributed by atoms with van der Waals surface area (Å²) in [5.41, 5.74) is 3.08. The van der Waals surface area contributed by atoms with Crippen LogP contribution in [0, 0.1) is 11.3 Å². The largest absolute Gasteiger partial charge is 0.345 e. The monoisotopic (exact) mass is 221 g/mol. The standard InChI is InChI=1S/C13H23N3/c1-13(2,3)9-5-6-10-11(7-9)16-12(15-10)8-14-4/h9,14H,5-8H2,1-4H3,(H,15,16). The van der Waals surface area contributed by atoms with Crippen LogP contribution in [0.3, 0.4) is 0 Å². The Bertz CT molecular complexity index is 360. The molecule has 0 saturated carbocycles. The predicted octanol–water partition coefficient (Wildman–Crippen LogP) is 2.28. The van der Waals surface area contributed by atoms with Crippen molar-refractivity contribution in [3.8, 4) is 0 Å². The lowest BCUT2D eigenvalue weighted by Crippen LogP contribution is -2.26. The van der Waals surface area contributed by atoms with Gasteiger partial charge in [-0.2, -0.15) is 0 Å². The van der Waals surface area contributed by atoms with E-state index in [1.807, 2.05) is 7.05 Å². The van der Waals surface area contributed by atoms with E-state index in [2.05, 4.69) is 36.1 Å². The van der Waals surface area contributed by atoms with E-state index >= 15 is 0 Å². The topological polar surface area (TPSA) is 40.7 Å². The van der Waals surface area contributed by atoms with Crippen LogP contribution in [0.25, 0.3) is 0 Å². The van der Waals surface area contributed by atoms with E-state index in [1.165, 1.54) is 17.8 Å². The fourth-order valence-corrected chi connectivity index (χ4v) is 2.53. The molecule has 0 spiro atoms. The first-order chi connectivity index (χ1) is 7.50. The second-order valence-electron chi connectivity index (χ2n) is 5.94. The first-order valence-corrected chi connectivity index (χ1v) is 6.22. The maximum absolute atomic E-state index is 4.64. The molecule has 90 valence electrons. The molecule has 2 rings (SSSR count). The van der Waals surface area contributed by atoms with Gasteiger partial charge in [0.15, 0.2) is 0 Å². The quantitative estimate of drug-likeness (QED) is 0.804. The van der Waals surface area contributed by atoms with Crippen molar-refractivity contribution in [1.82, 2.24) is 15.3 Å². The number of aromatic nitrogens is 2. The fraction of sp³-hybridized carbons (Fsp3) is 0.769. The average Bonchev–Trinajstić information content (AvgIpc) is 2.57. The van der Waals surface area contributed by atoms with Crippen LogP contribution in [0.4, 0.5) is 0 Å². The summed E-state index contributed by atoms with van der Waals surface area (Å²) in [5, 5.41) is 3.14. The molecule has 1 aromatic heterocycles. The van der Waals surface area contributed by atoms with Crippen LogP contribution >= 0.6 is 0 Å². The number of imidazole rings is 1. The summed E-state index contributed by atoms with van der Waals surface area (Å²) < 4.78 is 0. The van der Waals surface area contributed by atoms with Crippen LogP contribution in [-0.4, -0.2) is 17.0 Å². The Labute approximate surface area is 98.1 Å². The molecular weight excluding hydrogens is 198 g/mol. The number of rotatable bonds is 2. The highest BCUT2D eigenvalue weighted by Crippen LogP contribution is 2.36. The second kappa shape index (κ2) is 4.21. The molecule has 1 atom stereocenters. The lowest BCUT2D eigenvalue weighted by atomic mass is 9.73. The number of nitrogens with one attached hydrogen (secondary N) is 2. The van der Waals surface area contributed by atoms with Gasteiger partial charge in [-0.3, -0.25) is 0 Å². The van der Waals surface area contributed by atoms with E-state index in [4.69, 9.17) is 0 Å². The molecule has 0 fully saturated rings. The molecule has 3 nitrogen and oxygen atoms in total. The smallest absolute Gasteiger partial charge is 0.120 e. The number of nitrogens with zero attached hydrogens (tertiary/aromatic N) is 1. The Hall–Kier alpha value is -0.830. The number of H-pyrrole nitrogens is 1. The Morgan fingerprint density at radius 1 is 1.44 bits per heavy atom. The maximum Gasteiger partial charge on any atom is 0.120 e. The molecule has 3 heteroatoms. The van der Waals surface area contributed by atoms with Crippen molar-refractivity contribution < 1.29 is 0 Å². The van der Waals surface area contributed by atoms with Gasteiger partial charge in [0, 0.05) is 5.69 Å². The van der Waals surface area contributed by atoms with Gasteiger partial charge in [-0.15, -0.1) is 0 Å². The van der Waals surface area contributed by atoms with E-state index in [-0.39, 0.29) is 0 Å². The Morgan fingerprint density at radius 2 is 2.19 bits per heavy atom. The number of fused-ring (bicyclic) bond motifs is 1. The van der Waals surface area contributed by atoms with Gasteiger partial charge in [-0.05, 0) is 37.6 Å². The number of aromatic amines is 1. The van der Waals surface area contributed by atoms with E-state index in [0.29, 0.717) is 5.41 Å². The first-order valence-electron chi connectivity index (χ1n) is 6.22. The molecule has 2 N–H and O–H groups in total. The SMILES string of the molecule is CNCc1nc2c([nH]1)CC(C(C)(C)C)CC2. The average molecular weight is 221 g/mol. The highest BCUT2D eigenvalue weighted by Gasteiger charge is 2.30. The second-order valence-corrected chi connectivity index (χ2v) is 5.94. The zero-order chi connectivity index (χ0) is 11.8. The van der Waals surface area contributed by atoms with Gasteiger partial charge in [0.1, 0.15) is 5.82 Å². The summed E-state index contributed by atoms with van der Waals surface area (Å²) >= 11 is 0. The predicted molar refractivity (Wildman–Crippen MR) is 66.3 cm³/mol. The third kappa shape index (κ3) is 2.29. The van der Waals surface area contributed by atoms with Crippen LogP contribution in [0.15, 0.2) is 0 Å². The summed E-state index contributed by atoms with van der Waals surface area (Å²) in [6.45, 7) is 7.86. The zero-order valence-corrected chi connectivity index (χ0v) is 10.9. The molecule has 1 aromatic rings. The summed E-state index contributed by atoms with van der Waals surface area (Å²) in [6, 6.07) is 0. The highest BCUT2D eigenvalue weighted by molar-refractivity contribution is 5.19. The fourth-order valence-electron chi connectivity index (χ4n) is 2.53. The van der Waals surface area contributed by atoms with Gasteiger partial charge in [-0.1, -0.05) is 20.8 Å². The highest BCUT2D eigenvalue weighted by atomic mass is 15.0. The van der Waals surface area contributed by atoms with Crippen molar-refractivity contribution in [2.75, 3.05) is 7.05 Å². The minimum Gasteiger partial charge on any atom is -0.345 e. The van der Waals surface area contributed by atoms with Crippen molar-refractivity contribution in [3.05, 3.63) is 17.2 Å². The summed E-state index contributed by atoms with van der Waals surface area (Å²) in [7, 11) is 1.96. The van der Waals surface area contributed by atoms with Crippen LogP contribution < -0.4 is 5.32 Å². The maximum atomic E-state index is 4.64. The van der Waals surface area contributed by atoms with E-state index < -0.39 is 0 Å². The van der Waals surface area contributed by atoms with E-state index in [0.717, 1.165) is 31.1 Å². The van der Waals surface area contributed by atoms with Crippen LogP contribution in [0.1, 0.15) is 44.4 Å². The van der Waals surface area contributed by atoms with Crippen molar-refractivity contribution in [2.24, 2.45) is 11.3 Å². The van der Waals surface area contributed by atoms with E-state index in [9.17, 15) is 0 Å². The molecule has 0 amide bonds. The molecule has 1 aliphatic carbocycles. The molecular formula is C13H23N3. The third-order valence-electron chi connectivity index (χ3n) is 3.66. The molecule has 16 heavy (non-hydrogen) atoms. The molecule has 1 heterocycles. The normalized spacial score (nSPS) is 20.9. The Morgan fingerprint density at radius 3 is 2.81 bits per heavy atom. The van der Waals surface area contributed by atoms with Crippen molar-refractivity contribution in [2.45, 2.75) is 46.6 Å². The first kappa shape index (κ1) is 11.6. The van der Waals surface area contributed by atoms with Gasteiger partial charge in [0.25, 0.3) is 0 Å². The summed E-state index contributed by atoms with van der Waals surface area (Å²) in [6.07, 6.45) is 3.58. The van der Waals surface area contributed by atoms with Gasteiger partial charge in [0.05, 0.1) is 12.2 Å². The number of aryl methyl sites for hydroxylation is 1. The third-order valence-corrected chi connectivity index (χ3v) is 3.66. The van der Waals surface area contributed by atoms with Crippen LogP contribution in [0.2, 0.25) is 0 Å². The minimum atomic E-state index is 0.409. The van der Waals surface area contributed by atoms with Gasteiger partial charge in [0.2, 0.25) is 0 Å². The molecule has 0 radical (unpaired) electrons. The Balaban J connectivity index is 2.14. The van der Waals surface area contributed by atoms with Crippen LogP contribution in [0.5, 0.6) is 0 Å². The van der Waals surface area contributed by atoms with Gasteiger partial charge in [-0.25, -0.2) is 4.98 Å². The number of hydrogen-bond donors (Lipinski definition) is 2. The molecule has 1 unspecified atom stereocenters. The van der Waals surface area contributed by atoms with Crippen molar-refractivity contribution in [3.63, 3.8) is 0 Å². The summed E-state index contributed by atoms with van der Waals surface area (Å²) in [4.78, 5) is 8.10. The molecule has 0 bridgehead atoms. The molecule has 0 aromatic carbocycles. The molecule has 0 aliphatic heterocycles. The van der Waals surface area contributed by atoms with Gasteiger partial charge < -0.3 is 10.3 Å².